The number of hydrazone groups is 1. The van der Waals surface area contributed by atoms with E-state index < -0.39 is 0 Å². The highest BCUT2D eigenvalue weighted by Crippen LogP contribution is 2.14. The summed E-state index contributed by atoms with van der Waals surface area (Å²) in [5, 5.41) is 8.22. The number of likely N-dealkylation sites (N-methyl/N-ethyl adjacent to an activating group) is 1. The lowest BCUT2D eigenvalue weighted by molar-refractivity contribution is 0.262. The molecule has 0 amide bonds. The Morgan fingerprint density at radius 3 is 2.93 bits per heavy atom. The van der Waals surface area contributed by atoms with Crippen LogP contribution in [-0.4, -0.2) is 53.6 Å². The largest absolute Gasteiger partial charge is 0.308 e. The second kappa shape index (κ2) is 6.39. The van der Waals surface area contributed by atoms with Crippen LogP contribution >= 0.6 is 23.5 Å². The zero-order valence-corrected chi connectivity index (χ0v) is 10.4. The van der Waals surface area contributed by atoms with E-state index in [1.807, 2.05) is 5.01 Å². The zero-order chi connectivity index (χ0) is 10.4. The first-order chi connectivity index (χ1) is 6.74. The first-order valence-electron chi connectivity index (χ1n) is 4.36. The normalized spacial score (nSPS) is 16.0. The van der Waals surface area contributed by atoms with Crippen molar-refractivity contribution < 1.29 is 0 Å². The van der Waals surface area contributed by atoms with Gasteiger partial charge in [-0.15, -0.1) is 10.6 Å². The third kappa shape index (κ3) is 3.95. The van der Waals surface area contributed by atoms with E-state index >= 15 is 0 Å². The summed E-state index contributed by atoms with van der Waals surface area (Å²) in [6.07, 6.45) is 2.09. The van der Waals surface area contributed by atoms with Gasteiger partial charge >= 0.3 is 0 Å². The fourth-order valence-electron chi connectivity index (χ4n) is 0.915. The van der Waals surface area contributed by atoms with Gasteiger partial charge in [0.25, 0.3) is 0 Å². The van der Waals surface area contributed by atoms with Gasteiger partial charge in [-0.1, -0.05) is 11.8 Å². The van der Waals surface area contributed by atoms with Gasteiger partial charge in [0.05, 0.1) is 6.54 Å². The predicted molar refractivity (Wildman–Crippen MR) is 64.9 cm³/mol. The Labute approximate surface area is 93.6 Å². The fraction of sp³-hybridized carbons (Fsp3) is 0.857. The van der Waals surface area contributed by atoms with Crippen LogP contribution in [0.3, 0.4) is 0 Å². The maximum atomic E-state index is 4.15. The summed E-state index contributed by atoms with van der Waals surface area (Å²) < 4.78 is 0. The molecule has 0 bridgehead atoms. The van der Waals surface area contributed by atoms with Gasteiger partial charge in [0, 0.05) is 11.6 Å². The molecule has 0 aliphatic carbocycles. The van der Waals surface area contributed by atoms with Crippen LogP contribution in [0.2, 0.25) is 0 Å². The first kappa shape index (κ1) is 12.0. The standard InChI is InChI=1S/C7H17N5S2/c1-11(2)4-5-12-7(8-9-10-12)14-6-13-3/h9-10H,4-6H2,1-3H3. The third-order valence-electron chi connectivity index (χ3n) is 1.64. The van der Waals surface area contributed by atoms with Crippen molar-refractivity contribution in [3.8, 4) is 0 Å². The molecule has 0 aromatic rings. The summed E-state index contributed by atoms with van der Waals surface area (Å²) >= 11 is 3.54. The minimum Gasteiger partial charge on any atom is -0.308 e. The van der Waals surface area contributed by atoms with Crippen LogP contribution in [0.15, 0.2) is 5.10 Å². The van der Waals surface area contributed by atoms with Crippen molar-refractivity contribution in [1.82, 2.24) is 21.0 Å². The van der Waals surface area contributed by atoms with Gasteiger partial charge < -0.3 is 4.90 Å². The number of rotatable bonds is 5. The van der Waals surface area contributed by atoms with E-state index in [0.29, 0.717) is 0 Å². The smallest absolute Gasteiger partial charge is 0.201 e. The molecule has 0 saturated carbocycles. The highest BCUT2D eigenvalue weighted by atomic mass is 32.2. The third-order valence-corrected chi connectivity index (χ3v) is 3.63. The van der Waals surface area contributed by atoms with Crippen LogP contribution in [0.4, 0.5) is 0 Å². The lowest BCUT2D eigenvalue weighted by atomic mass is 10.6. The van der Waals surface area contributed by atoms with Crippen molar-refractivity contribution in [2.75, 3.05) is 38.5 Å². The quantitative estimate of drug-likeness (QED) is 0.664. The van der Waals surface area contributed by atoms with Crippen molar-refractivity contribution in [2.45, 2.75) is 0 Å². The molecular weight excluding hydrogens is 218 g/mol. The molecule has 7 heteroatoms. The van der Waals surface area contributed by atoms with Gasteiger partial charge in [-0.25, -0.2) is 5.53 Å². The summed E-state index contributed by atoms with van der Waals surface area (Å²) in [7, 11) is 4.13. The predicted octanol–water partition coefficient (Wildman–Crippen LogP) is 0.198. The second-order valence-electron chi connectivity index (χ2n) is 3.12. The molecule has 82 valence electrons. The average molecular weight is 235 g/mol. The molecule has 5 nitrogen and oxygen atoms in total. The van der Waals surface area contributed by atoms with E-state index in [4.69, 9.17) is 0 Å². The van der Waals surface area contributed by atoms with Crippen LogP contribution in [0.5, 0.6) is 0 Å². The van der Waals surface area contributed by atoms with Gasteiger partial charge in [-0.3, -0.25) is 5.01 Å². The summed E-state index contributed by atoms with van der Waals surface area (Å²) in [5.41, 5.74) is 5.76. The maximum absolute atomic E-state index is 4.15. The lowest BCUT2D eigenvalue weighted by Crippen LogP contribution is -2.43. The molecule has 0 fully saturated rings. The van der Waals surface area contributed by atoms with Crippen molar-refractivity contribution in [1.29, 1.82) is 0 Å². The molecule has 14 heavy (non-hydrogen) atoms. The number of hydrazine groups is 2. The molecule has 1 heterocycles. The van der Waals surface area contributed by atoms with Crippen molar-refractivity contribution in [3.05, 3.63) is 0 Å². The van der Waals surface area contributed by atoms with Crippen molar-refractivity contribution in [3.63, 3.8) is 0 Å². The van der Waals surface area contributed by atoms with E-state index in [2.05, 4.69) is 41.4 Å². The Hall–Kier alpha value is -0.110. The zero-order valence-electron chi connectivity index (χ0n) is 8.78. The molecule has 1 rings (SSSR count). The second-order valence-corrected chi connectivity index (χ2v) is 5.30. The van der Waals surface area contributed by atoms with Gasteiger partial charge in [-0.2, -0.15) is 11.8 Å². The van der Waals surface area contributed by atoms with E-state index in [9.17, 15) is 0 Å². The van der Waals surface area contributed by atoms with Crippen LogP contribution in [0.25, 0.3) is 0 Å². The molecule has 0 aromatic heterocycles. The summed E-state index contributed by atoms with van der Waals surface area (Å²) in [6.45, 7) is 1.94. The summed E-state index contributed by atoms with van der Waals surface area (Å²) in [6, 6.07) is 0. The number of nitrogens with zero attached hydrogens (tertiary/aromatic N) is 3. The number of thioether (sulfide) groups is 2. The van der Waals surface area contributed by atoms with Crippen molar-refractivity contribution >= 4 is 28.7 Å². The van der Waals surface area contributed by atoms with E-state index in [1.54, 1.807) is 23.5 Å². The minimum absolute atomic E-state index is 0.931. The highest BCUT2D eigenvalue weighted by Gasteiger charge is 2.16. The maximum Gasteiger partial charge on any atom is 0.201 e. The van der Waals surface area contributed by atoms with E-state index in [1.165, 1.54) is 0 Å². The topological polar surface area (TPSA) is 42.9 Å². The molecule has 0 saturated heterocycles. The molecular formula is C7H17N5S2. The summed E-state index contributed by atoms with van der Waals surface area (Å²) in [5.74, 6) is 0. The van der Waals surface area contributed by atoms with Gasteiger partial charge in [-0.05, 0) is 20.4 Å². The van der Waals surface area contributed by atoms with E-state index in [0.717, 1.165) is 23.3 Å². The van der Waals surface area contributed by atoms with Crippen LogP contribution in [0.1, 0.15) is 0 Å². The van der Waals surface area contributed by atoms with Gasteiger partial charge in [0.2, 0.25) is 5.17 Å². The SMILES string of the molecule is CSCSC1=NNNN1CCN(C)C. The number of amidine groups is 1. The molecule has 0 atom stereocenters. The molecule has 2 N–H and O–H groups in total. The van der Waals surface area contributed by atoms with Gasteiger partial charge in [0.15, 0.2) is 0 Å². The number of hydrogen-bond acceptors (Lipinski definition) is 7. The fourth-order valence-corrected chi connectivity index (χ4v) is 2.21. The Balaban J connectivity index is 2.27. The van der Waals surface area contributed by atoms with Crippen LogP contribution in [-0.2, 0) is 0 Å². The van der Waals surface area contributed by atoms with Crippen LogP contribution in [0, 0.1) is 0 Å². The first-order valence-corrected chi connectivity index (χ1v) is 6.74. The number of hydrogen-bond donors (Lipinski definition) is 2. The number of nitrogens with one attached hydrogen (secondary N) is 2. The van der Waals surface area contributed by atoms with Gasteiger partial charge in [0.1, 0.15) is 0 Å². The van der Waals surface area contributed by atoms with E-state index in [-0.39, 0.29) is 0 Å². The molecule has 0 spiro atoms. The Morgan fingerprint density at radius 1 is 1.50 bits per heavy atom. The highest BCUT2D eigenvalue weighted by molar-refractivity contribution is 8.23. The lowest BCUT2D eigenvalue weighted by Gasteiger charge is -2.20. The average Bonchev–Trinajstić information content (AvgIpc) is 2.58. The Bertz CT molecular complexity index is 197. The molecule has 1 aliphatic rings. The molecule has 1 aliphatic heterocycles. The molecule has 0 unspecified atom stereocenters. The molecule has 0 aromatic carbocycles. The molecule has 0 radical (unpaired) electrons. The summed E-state index contributed by atoms with van der Waals surface area (Å²) in [4.78, 5) is 2.15. The Morgan fingerprint density at radius 2 is 2.29 bits per heavy atom. The van der Waals surface area contributed by atoms with Crippen molar-refractivity contribution in [2.24, 2.45) is 5.10 Å². The monoisotopic (exact) mass is 235 g/mol. The minimum atomic E-state index is 0.931. The van der Waals surface area contributed by atoms with Crippen LogP contribution < -0.4 is 11.1 Å². The Kier molecular flexibility index (Phi) is 5.46.